The summed E-state index contributed by atoms with van der Waals surface area (Å²) in [5.41, 5.74) is 2.89. The van der Waals surface area contributed by atoms with E-state index in [0.29, 0.717) is 17.8 Å². The van der Waals surface area contributed by atoms with Gasteiger partial charge in [-0.3, -0.25) is 0 Å². The molecule has 0 unspecified atom stereocenters. The van der Waals surface area contributed by atoms with Crippen molar-refractivity contribution in [3.05, 3.63) is 89.8 Å². The van der Waals surface area contributed by atoms with Crippen LogP contribution in [0.2, 0.25) is 0 Å². The molecule has 5 heteroatoms. The van der Waals surface area contributed by atoms with E-state index in [1.54, 1.807) is 38.3 Å². The quantitative estimate of drug-likeness (QED) is 0.415. The fourth-order valence-electron chi connectivity index (χ4n) is 3.14. The zero-order valence-electron chi connectivity index (χ0n) is 16.8. The third-order valence-corrected chi connectivity index (χ3v) is 4.64. The summed E-state index contributed by atoms with van der Waals surface area (Å²) in [5, 5.41) is 1.58. The number of rotatable bonds is 5. The Labute approximate surface area is 174 Å². The van der Waals surface area contributed by atoms with E-state index in [-0.39, 0.29) is 5.97 Å². The van der Waals surface area contributed by atoms with Gasteiger partial charge < -0.3 is 13.9 Å². The highest BCUT2D eigenvalue weighted by Crippen LogP contribution is 2.25. The van der Waals surface area contributed by atoms with Gasteiger partial charge in [-0.25, -0.2) is 9.79 Å². The number of nitrogens with zero attached hydrogens (tertiary/aromatic N) is 1. The molecule has 0 radical (unpaired) electrons. The molecule has 0 saturated heterocycles. The average Bonchev–Trinajstić information content (AvgIpc) is 2.80. The maximum Gasteiger partial charge on any atom is 0.338 e. The molecule has 1 heterocycles. The van der Waals surface area contributed by atoms with Crippen molar-refractivity contribution < 1.29 is 18.7 Å². The fourth-order valence-corrected chi connectivity index (χ4v) is 3.14. The molecule has 0 aliphatic rings. The van der Waals surface area contributed by atoms with Crippen molar-refractivity contribution in [3.63, 3.8) is 0 Å². The van der Waals surface area contributed by atoms with Crippen LogP contribution >= 0.6 is 0 Å². The molecule has 0 saturated carbocycles. The third-order valence-electron chi connectivity index (χ3n) is 4.64. The summed E-state index contributed by atoms with van der Waals surface area (Å²) in [5.74, 6) is 1.10. The van der Waals surface area contributed by atoms with E-state index < -0.39 is 0 Å². The minimum atomic E-state index is -0.343. The minimum Gasteiger partial charge on any atom is -0.497 e. The molecule has 1 aromatic heterocycles. The number of carbonyl (C=O) groups excluding carboxylic acids is 1. The van der Waals surface area contributed by atoms with Crippen molar-refractivity contribution >= 4 is 22.6 Å². The van der Waals surface area contributed by atoms with Crippen molar-refractivity contribution in [1.82, 2.24) is 0 Å². The van der Waals surface area contributed by atoms with Crippen molar-refractivity contribution in [3.8, 4) is 17.1 Å². The number of fused-ring (bicyclic) bond motifs is 1. The molecule has 3 aromatic carbocycles. The van der Waals surface area contributed by atoms with Gasteiger partial charge in [-0.15, -0.1) is 0 Å². The molecule has 0 spiro atoms. The average molecular weight is 399 g/mol. The maximum absolute atomic E-state index is 11.9. The van der Waals surface area contributed by atoms with E-state index in [4.69, 9.17) is 18.9 Å². The Morgan fingerprint density at radius 3 is 2.43 bits per heavy atom. The van der Waals surface area contributed by atoms with Gasteiger partial charge in [-0.05, 0) is 49.4 Å². The smallest absolute Gasteiger partial charge is 0.338 e. The first-order chi connectivity index (χ1) is 14.7. The summed E-state index contributed by atoms with van der Waals surface area (Å²) in [6.07, 6.45) is 0. The van der Waals surface area contributed by atoms with Crippen LogP contribution in [0.3, 0.4) is 0 Å². The molecule has 0 amide bonds. The zero-order valence-corrected chi connectivity index (χ0v) is 16.8. The molecule has 0 aliphatic heterocycles. The van der Waals surface area contributed by atoms with Gasteiger partial charge in [-0.1, -0.05) is 30.3 Å². The van der Waals surface area contributed by atoms with Crippen LogP contribution in [0.1, 0.15) is 17.3 Å². The summed E-state index contributed by atoms with van der Waals surface area (Å²) in [6, 6.07) is 24.5. The molecule has 0 N–H and O–H groups in total. The molecule has 0 bridgehead atoms. The number of carbonyl (C=O) groups is 1. The Morgan fingerprint density at radius 2 is 1.73 bits per heavy atom. The van der Waals surface area contributed by atoms with E-state index in [0.717, 1.165) is 33.5 Å². The van der Waals surface area contributed by atoms with Crippen LogP contribution in [0.4, 0.5) is 5.69 Å². The van der Waals surface area contributed by atoms with Crippen molar-refractivity contribution in [2.75, 3.05) is 13.7 Å². The van der Waals surface area contributed by atoms with Gasteiger partial charge in [0, 0.05) is 17.0 Å². The normalized spacial score (nSPS) is 11.5. The summed E-state index contributed by atoms with van der Waals surface area (Å²) >= 11 is 0. The molecular formula is C25H21NO4. The topological polar surface area (TPSA) is 61.0 Å². The van der Waals surface area contributed by atoms with Gasteiger partial charge >= 0.3 is 5.97 Å². The number of methoxy groups -OCH3 is 1. The van der Waals surface area contributed by atoms with Crippen LogP contribution in [0.25, 0.3) is 22.3 Å². The van der Waals surface area contributed by atoms with Crippen LogP contribution in [0.15, 0.2) is 88.3 Å². The first-order valence-corrected chi connectivity index (χ1v) is 9.67. The van der Waals surface area contributed by atoms with E-state index in [2.05, 4.69) is 0 Å². The monoisotopic (exact) mass is 399 g/mol. The van der Waals surface area contributed by atoms with Gasteiger partial charge in [0.15, 0.2) is 0 Å². The van der Waals surface area contributed by atoms with Crippen LogP contribution in [0.5, 0.6) is 5.75 Å². The number of ether oxygens (including phenoxy) is 2. The van der Waals surface area contributed by atoms with Gasteiger partial charge in [0.1, 0.15) is 17.1 Å². The Kier molecular flexibility index (Phi) is 5.61. The van der Waals surface area contributed by atoms with Crippen LogP contribution in [0, 0.1) is 0 Å². The predicted molar refractivity (Wildman–Crippen MR) is 116 cm³/mol. The minimum absolute atomic E-state index is 0.342. The lowest BCUT2D eigenvalue weighted by atomic mass is 10.1. The van der Waals surface area contributed by atoms with Gasteiger partial charge in [0.25, 0.3) is 0 Å². The van der Waals surface area contributed by atoms with Crippen molar-refractivity contribution in [2.45, 2.75) is 6.92 Å². The Balaban J connectivity index is 1.86. The highest BCUT2D eigenvalue weighted by atomic mass is 16.5. The van der Waals surface area contributed by atoms with Gasteiger partial charge in [0.05, 0.1) is 30.3 Å². The molecule has 30 heavy (non-hydrogen) atoms. The predicted octanol–water partition coefficient (Wildman–Crippen LogP) is 5.52. The van der Waals surface area contributed by atoms with Crippen molar-refractivity contribution in [1.29, 1.82) is 0 Å². The molecule has 0 aliphatic carbocycles. The van der Waals surface area contributed by atoms with E-state index >= 15 is 0 Å². The summed E-state index contributed by atoms with van der Waals surface area (Å²) in [6.45, 7) is 2.13. The van der Waals surface area contributed by atoms with Crippen molar-refractivity contribution in [2.24, 2.45) is 4.99 Å². The molecule has 4 rings (SSSR count). The molecule has 0 fully saturated rings. The second kappa shape index (κ2) is 8.66. The fraction of sp³-hybridized carbons (Fsp3) is 0.120. The zero-order chi connectivity index (χ0) is 20.9. The van der Waals surface area contributed by atoms with Crippen LogP contribution in [-0.2, 0) is 4.74 Å². The molecule has 5 nitrogen and oxygen atoms in total. The summed E-state index contributed by atoms with van der Waals surface area (Å²) in [4.78, 5) is 16.7. The Bertz CT molecular complexity index is 1240. The number of benzene rings is 3. The van der Waals surface area contributed by atoms with Crippen LogP contribution < -0.4 is 10.1 Å². The second-order valence-corrected chi connectivity index (χ2v) is 6.60. The standard InChI is InChI=1S/C25H21NO4/c1-3-29-25(27)18-9-11-19(12-10-18)26-22-16-24(17-7-5-4-6-8-17)30-23-14-13-20(28-2)15-21(22)23/h4-16H,3H2,1-2H3. The SMILES string of the molecule is CCOC(=O)c1ccc(N=c2cc(-c3ccccc3)oc3ccc(OC)cc23)cc1. The Morgan fingerprint density at radius 1 is 0.967 bits per heavy atom. The number of hydrogen-bond acceptors (Lipinski definition) is 5. The molecule has 150 valence electrons. The van der Waals surface area contributed by atoms with E-state index in [1.807, 2.05) is 54.6 Å². The number of hydrogen-bond donors (Lipinski definition) is 0. The van der Waals surface area contributed by atoms with Crippen LogP contribution in [-0.4, -0.2) is 19.7 Å². The van der Waals surface area contributed by atoms with E-state index in [9.17, 15) is 4.79 Å². The summed E-state index contributed by atoms with van der Waals surface area (Å²) < 4.78 is 16.5. The molecular weight excluding hydrogens is 378 g/mol. The lowest BCUT2D eigenvalue weighted by Gasteiger charge is -2.07. The highest BCUT2D eigenvalue weighted by molar-refractivity contribution is 5.89. The maximum atomic E-state index is 11.9. The van der Waals surface area contributed by atoms with Gasteiger partial charge in [0.2, 0.25) is 0 Å². The second-order valence-electron chi connectivity index (χ2n) is 6.60. The van der Waals surface area contributed by atoms with Gasteiger partial charge in [-0.2, -0.15) is 0 Å². The number of esters is 1. The first kappa shape index (κ1) is 19.5. The lowest BCUT2D eigenvalue weighted by molar-refractivity contribution is 0.0526. The highest BCUT2D eigenvalue weighted by Gasteiger charge is 2.08. The van der Waals surface area contributed by atoms with E-state index in [1.165, 1.54) is 0 Å². The first-order valence-electron chi connectivity index (χ1n) is 9.67. The lowest BCUT2D eigenvalue weighted by Crippen LogP contribution is -2.05. The molecule has 0 atom stereocenters. The molecule has 4 aromatic rings. The Hall–Kier alpha value is -3.86. The summed E-state index contributed by atoms with van der Waals surface area (Å²) in [7, 11) is 1.63. The third kappa shape index (κ3) is 4.10. The largest absolute Gasteiger partial charge is 0.497 e.